The number of pyridine rings is 1. The number of hydrogen-bond acceptors (Lipinski definition) is 6. The number of rotatable bonds is 10. The maximum Gasteiger partial charge on any atom is 0.233 e. The van der Waals surface area contributed by atoms with E-state index in [0.29, 0.717) is 19.1 Å². The summed E-state index contributed by atoms with van der Waals surface area (Å²) in [6.07, 6.45) is 5.78. The van der Waals surface area contributed by atoms with Crippen molar-refractivity contribution < 1.29 is 9.59 Å². The average molecular weight is 437 g/mol. The van der Waals surface area contributed by atoms with Crippen molar-refractivity contribution >= 4 is 23.6 Å². The van der Waals surface area contributed by atoms with Gasteiger partial charge in [0.1, 0.15) is 0 Å². The Labute approximate surface area is 184 Å². The highest BCUT2D eigenvalue weighted by Gasteiger charge is 2.30. The first-order chi connectivity index (χ1) is 15.1. The predicted molar refractivity (Wildman–Crippen MR) is 118 cm³/mol. The molecule has 8 nitrogen and oxygen atoms in total. The molecule has 2 heterocycles. The van der Waals surface area contributed by atoms with Crippen LogP contribution in [-0.2, 0) is 16.1 Å². The van der Waals surface area contributed by atoms with Crippen molar-refractivity contribution in [3.05, 3.63) is 60.4 Å². The molecule has 0 saturated heterocycles. The van der Waals surface area contributed by atoms with Gasteiger partial charge in [0, 0.05) is 43.5 Å². The minimum atomic E-state index is -0.423. The molecular weight excluding hydrogens is 412 g/mol. The maximum absolute atomic E-state index is 13.0. The van der Waals surface area contributed by atoms with Gasteiger partial charge in [0.05, 0.1) is 5.75 Å². The van der Waals surface area contributed by atoms with Gasteiger partial charge in [-0.05, 0) is 30.5 Å². The summed E-state index contributed by atoms with van der Waals surface area (Å²) in [6.45, 7) is 0.726. The van der Waals surface area contributed by atoms with Gasteiger partial charge in [-0.3, -0.25) is 19.1 Å². The molecule has 1 aromatic carbocycles. The average Bonchev–Trinajstić information content (AvgIpc) is 3.54. The highest BCUT2D eigenvalue weighted by Crippen LogP contribution is 2.40. The molecule has 0 aliphatic heterocycles. The lowest BCUT2D eigenvalue weighted by molar-refractivity contribution is -0.129. The molecule has 4 rings (SSSR count). The monoisotopic (exact) mass is 436 g/mol. The minimum Gasteiger partial charge on any atom is -0.370 e. The van der Waals surface area contributed by atoms with Gasteiger partial charge in [-0.2, -0.15) is 0 Å². The molecule has 0 radical (unpaired) electrons. The van der Waals surface area contributed by atoms with Crippen LogP contribution < -0.4 is 5.73 Å². The van der Waals surface area contributed by atoms with E-state index in [1.165, 1.54) is 11.8 Å². The topological polar surface area (TPSA) is 107 Å². The first-order valence-corrected chi connectivity index (χ1v) is 11.2. The molecule has 2 N–H and O–H groups in total. The van der Waals surface area contributed by atoms with Crippen molar-refractivity contribution in [2.45, 2.75) is 37.0 Å². The Kier molecular flexibility index (Phi) is 6.61. The molecule has 0 unspecified atom stereocenters. The molecule has 0 atom stereocenters. The van der Waals surface area contributed by atoms with E-state index in [1.807, 2.05) is 42.5 Å². The number of benzene rings is 1. The number of primary amides is 1. The Morgan fingerprint density at radius 2 is 1.94 bits per heavy atom. The summed E-state index contributed by atoms with van der Waals surface area (Å²) in [7, 11) is 0. The fraction of sp³-hybridized carbons (Fsp3) is 0.318. The van der Waals surface area contributed by atoms with Crippen molar-refractivity contribution in [2.75, 3.05) is 12.3 Å². The van der Waals surface area contributed by atoms with E-state index in [0.717, 1.165) is 34.9 Å². The van der Waals surface area contributed by atoms with E-state index in [4.69, 9.17) is 5.73 Å². The Morgan fingerprint density at radius 3 is 2.61 bits per heavy atom. The molecule has 9 heteroatoms. The minimum absolute atomic E-state index is 0.0663. The first-order valence-electron chi connectivity index (χ1n) is 10.2. The summed E-state index contributed by atoms with van der Waals surface area (Å²) in [4.78, 5) is 30.1. The lowest BCUT2D eigenvalue weighted by Gasteiger charge is -2.22. The van der Waals surface area contributed by atoms with Gasteiger partial charge in [0.25, 0.3) is 0 Å². The van der Waals surface area contributed by atoms with Gasteiger partial charge in [0.2, 0.25) is 11.8 Å². The van der Waals surface area contributed by atoms with Crippen LogP contribution >= 0.6 is 11.8 Å². The summed E-state index contributed by atoms with van der Waals surface area (Å²) >= 11 is 1.37. The number of amides is 2. The molecule has 0 bridgehead atoms. The van der Waals surface area contributed by atoms with Crippen LogP contribution in [0.2, 0.25) is 0 Å². The normalized spacial score (nSPS) is 13.2. The van der Waals surface area contributed by atoms with Crippen molar-refractivity contribution in [1.29, 1.82) is 0 Å². The SMILES string of the molecule is NC(=O)CCN(Cc1ccccc1)C(=O)CSc1nnc(-c2cccnc2)n1C1CC1. The zero-order chi connectivity index (χ0) is 21.6. The molecule has 3 aromatic rings. The molecule has 0 spiro atoms. The zero-order valence-electron chi connectivity index (χ0n) is 17.1. The molecule has 1 aliphatic rings. The smallest absolute Gasteiger partial charge is 0.233 e. The zero-order valence-corrected chi connectivity index (χ0v) is 17.9. The van der Waals surface area contributed by atoms with E-state index in [9.17, 15) is 9.59 Å². The number of nitrogens with two attached hydrogens (primary N) is 1. The number of thioether (sulfide) groups is 1. The van der Waals surface area contributed by atoms with Crippen molar-refractivity contribution in [3.63, 3.8) is 0 Å². The van der Waals surface area contributed by atoms with Crippen LogP contribution in [0.25, 0.3) is 11.4 Å². The maximum atomic E-state index is 13.0. The Bertz CT molecular complexity index is 1040. The van der Waals surface area contributed by atoms with Crippen molar-refractivity contribution in [3.8, 4) is 11.4 Å². The lowest BCUT2D eigenvalue weighted by Crippen LogP contribution is -2.34. The van der Waals surface area contributed by atoms with Gasteiger partial charge in [0.15, 0.2) is 11.0 Å². The van der Waals surface area contributed by atoms with E-state index >= 15 is 0 Å². The molecular formula is C22H24N6O2S. The molecule has 31 heavy (non-hydrogen) atoms. The van der Waals surface area contributed by atoms with Crippen LogP contribution in [0.3, 0.4) is 0 Å². The summed E-state index contributed by atoms with van der Waals surface area (Å²) in [5.41, 5.74) is 7.22. The summed E-state index contributed by atoms with van der Waals surface area (Å²) < 4.78 is 2.11. The summed E-state index contributed by atoms with van der Waals surface area (Å²) in [6, 6.07) is 13.9. The number of aromatic nitrogens is 4. The standard InChI is InChI=1S/C22H24N6O2S/c23-19(29)10-12-27(14-16-5-2-1-3-6-16)20(30)15-31-22-26-25-21(28(22)18-8-9-18)17-7-4-11-24-13-17/h1-7,11,13,18H,8-10,12,14-15H2,(H2,23,29). The fourth-order valence-electron chi connectivity index (χ4n) is 3.29. The van der Waals surface area contributed by atoms with Crippen LogP contribution in [0, 0.1) is 0 Å². The largest absolute Gasteiger partial charge is 0.370 e. The third kappa shape index (κ3) is 5.49. The second-order valence-electron chi connectivity index (χ2n) is 7.45. The van der Waals surface area contributed by atoms with Crippen molar-refractivity contribution in [2.24, 2.45) is 5.73 Å². The second kappa shape index (κ2) is 9.74. The van der Waals surface area contributed by atoms with Gasteiger partial charge in [-0.1, -0.05) is 42.1 Å². The Balaban J connectivity index is 1.47. The molecule has 2 amide bonds. The molecule has 1 fully saturated rings. The fourth-order valence-corrected chi connectivity index (χ4v) is 4.20. The summed E-state index contributed by atoms with van der Waals surface area (Å²) in [5.74, 6) is 0.501. The van der Waals surface area contributed by atoms with Crippen LogP contribution in [0.1, 0.15) is 30.9 Å². The number of nitrogens with zero attached hydrogens (tertiary/aromatic N) is 5. The summed E-state index contributed by atoms with van der Waals surface area (Å²) in [5, 5.41) is 9.44. The van der Waals surface area contributed by atoms with E-state index in [1.54, 1.807) is 17.3 Å². The molecule has 1 aliphatic carbocycles. The van der Waals surface area contributed by atoms with E-state index < -0.39 is 5.91 Å². The third-order valence-corrected chi connectivity index (χ3v) is 5.95. The van der Waals surface area contributed by atoms with Gasteiger partial charge in [-0.25, -0.2) is 0 Å². The molecule has 160 valence electrons. The number of carbonyl (C=O) groups excluding carboxylic acids is 2. The van der Waals surface area contributed by atoms with Gasteiger partial charge in [-0.15, -0.1) is 10.2 Å². The third-order valence-electron chi connectivity index (χ3n) is 5.02. The highest BCUT2D eigenvalue weighted by molar-refractivity contribution is 7.99. The highest BCUT2D eigenvalue weighted by atomic mass is 32.2. The quantitative estimate of drug-likeness (QED) is 0.490. The number of carbonyl (C=O) groups is 2. The van der Waals surface area contributed by atoms with E-state index in [-0.39, 0.29) is 18.1 Å². The molecule has 1 saturated carbocycles. The Morgan fingerprint density at radius 1 is 1.13 bits per heavy atom. The van der Waals surface area contributed by atoms with Crippen LogP contribution in [0.5, 0.6) is 0 Å². The predicted octanol–water partition coefficient (Wildman–Crippen LogP) is 2.67. The molecule has 2 aromatic heterocycles. The first kappa shape index (κ1) is 21.0. The second-order valence-corrected chi connectivity index (χ2v) is 8.40. The number of hydrogen-bond donors (Lipinski definition) is 1. The van der Waals surface area contributed by atoms with Crippen LogP contribution in [0.4, 0.5) is 0 Å². The Hall–Kier alpha value is -3.20. The van der Waals surface area contributed by atoms with E-state index in [2.05, 4.69) is 19.7 Å². The van der Waals surface area contributed by atoms with Gasteiger partial charge >= 0.3 is 0 Å². The van der Waals surface area contributed by atoms with Crippen LogP contribution in [0.15, 0.2) is 60.0 Å². The van der Waals surface area contributed by atoms with Gasteiger partial charge < -0.3 is 10.6 Å². The van der Waals surface area contributed by atoms with Crippen molar-refractivity contribution in [1.82, 2.24) is 24.6 Å². The lowest BCUT2D eigenvalue weighted by atomic mass is 10.2. The van der Waals surface area contributed by atoms with Crippen LogP contribution in [-0.4, -0.2) is 48.8 Å².